The first-order chi connectivity index (χ1) is 38.0. The van der Waals surface area contributed by atoms with E-state index in [1.807, 2.05) is 35.3 Å². The molecule has 3 atom stereocenters. The second-order valence-corrected chi connectivity index (χ2v) is 27.2. The number of likely N-dealkylation sites (N-methyl/N-ethyl adjacent to an activating group) is 2. The minimum Gasteiger partial charge on any atom is -0.380 e. The average Bonchev–Trinajstić information content (AvgIpc) is 3.41. The van der Waals surface area contributed by atoms with Gasteiger partial charge in [0, 0.05) is 153 Å². The molecule has 79 heavy (non-hydrogen) atoms. The number of ether oxygens (including phenoxy) is 2. The molecule has 1 aliphatic heterocycles. The van der Waals surface area contributed by atoms with E-state index in [1.54, 1.807) is 0 Å². The van der Waals surface area contributed by atoms with Crippen molar-refractivity contribution in [3.05, 3.63) is 91.0 Å². The van der Waals surface area contributed by atoms with Crippen LogP contribution in [0.3, 0.4) is 0 Å². The summed E-state index contributed by atoms with van der Waals surface area (Å²) < 4.78 is 11.4. The molecule has 5 N–H and O–H groups in total. The van der Waals surface area contributed by atoms with Gasteiger partial charge in [0.05, 0.1) is 13.2 Å². The predicted molar refractivity (Wildman–Crippen MR) is 351 cm³/mol. The molecule has 0 aliphatic carbocycles. The number of benzene rings is 3. The first-order valence-corrected chi connectivity index (χ1v) is 33.6. The van der Waals surface area contributed by atoms with Gasteiger partial charge in [0.2, 0.25) is 0 Å². The highest BCUT2D eigenvalue weighted by Crippen LogP contribution is 2.21. The lowest BCUT2D eigenvalue weighted by atomic mass is 10.2. The van der Waals surface area contributed by atoms with Crippen molar-refractivity contribution in [3.63, 3.8) is 0 Å². The van der Waals surface area contributed by atoms with Gasteiger partial charge < -0.3 is 50.8 Å². The molecule has 11 nitrogen and oxygen atoms in total. The van der Waals surface area contributed by atoms with Gasteiger partial charge in [0.25, 0.3) is 0 Å². The standard InChI is InChI=1S/C23H41N3OS.C22H41N3OS.C20H37N3S/c1-20(2)18-27-17-16-26-14-12-25(13-15-26)11-10-22(24-21(3)4)19-28-23-8-6-5-7-9-23;1-19(2)17-26-16-15-25(5)14-13-23-12-11-21(24-20(3)4)18-27-22-9-7-6-8-10-22;1-17(2)15-23(5)14-13-21-12-11-19(22-18(3)4)16-24-20-9-7-6-8-10-20/h5-9,20-22,24H,10-19H2,1-4H3;6-10,19-21,23-24H,11-18H2,1-5H3;6-10,17-19,21-22H,11-16H2,1-5H3/t22-;21-;19-/m111/s1. The lowest BCUT2D eigenvalue weighted by Crippen LogP contribution is -2.48. The average molecular weight is 1150 g/mol. The van der Waals surface area contributed by atoms with Crippen LogP contribution in [0.15, 0.2) is 106 Å². The summed E-state index contributed by atoms with van der Waals surface area (Å²) in [4.78, 5) is 14.0. The zero-order valence-electron chi connectivity index (χ0n) is 52.7. The summed E-state index contributed by atoms with van der Waals surface area (Å²) in [6.45, 7) is 45.8. The third-order valence-corrected chi connectivity index (χ3v) is 16.5. The molecule has 454 valence electrons. The van der Waals surface area contributed by atoms with Crippen LogP contribution in [0.1, 0.15) is 102 Å². The molecule has 0 amide bonds. The molecule has 1 aliphatic rings. The normalized spacial score (nSPS) is 14.7. The topological polar surface area (TPSA) is 91.6 Å². The Balaban J connectivity index is 0.000000406. The van der Waals surface area contributed by atoms with E-state index >= 15 is 0 Å². The fraction of sp³-hybridized carbons (Fsp3) is 0.723. The summed E-state index contributed by atoms with van der Waals surface area (Å²) >= 11 is 5.85. The lowest BCUT2D eigenvalue weighted by Gasteiger charge is -2.35. The first kappa shape index (κ1) is 73.4. The van der Waals surface area contributed by atoms with E-state index in [-0.39, 0.29) is 0 Å². The summed E-state index contributed by atoms with van der Waals surface area (Å²) in [5, 5.41) is 18.4. The Morgan fingerprint density at radius 1 is 0.430 bits per heavy atom. The summed E-state index contributed by atoms with van der Waals surface area (Å²) in [5.41, 5.74) is 0. The molecule has 3 aromatic carbocycles. The Morgan fingerprint density at radius 2 is 0.797 bits per heavy atom. The van der Waals surface area contributed by atoms with Crippen LogP contribution in [0.4, 0.5) is 0 Å². The Bertz CT molecular complexity index is 1780. The van der Waals surface area contributed by atoms with Crippen LogP contribution in [0.5, 0.6) is 0 Å². The highest BCUT2D eigenvalue weighted by Gasteiger charge is 2.19. The molecule has 0 radical (unpaired) electrons. The molecule has 14 heteroatoms. The molecule has 1 fully saturated rings. The third kappa shape index (κ3) is 43.6. The van der Waals surface area contributed by atoms with Crippen molar-refractivity contribution in [2.45, 2.75) is 153 Å². The van der Waals surface area contributed by atoms with E-state index in [1.165, 1.54) is 66.8 Å². The molecular weight excluding hydrogens is 1030 g/mol. The fourth-order valence-corrected chi connectivity index (χ4v) is 12.0. The third-order valence-electron chi connectivity index (χ3n) is 13.0. The quantitative estimate of drug-likeness (QED) is 0.0275. The molecule has 1 heterocycles. The molecule has 0 spiro atoms. The SMILES string of the molecule is CC(C)CN(C)CCNCC[C@H](CSc1ccccc1)NC(C)C.CC(C)COCCN(C)CCNCC[C@H](CSc1ccccc1)NC(C)C.CC(C)COCCN1CCN(CC[C@H](CSc2ccccc2)NC(C)C)CC1. The van der Waals surface area contributed by atoms with E-state index in [0.717, 1.165) is 108 Å². The molecule has 4 rings (SSSR count). The summed E-state index contributed by atoms with van der Waals surface area (Å²) in [6.07, 6.45) is 3.54. The van der Waals surface area contributed by atoms with E-state index in [2.05, 4.69) is 234 Å². The van der Waals surface area contributed by atoms with E-state index in [9.17, 15) is 0 Å². The fourth-order valence-electron chi connectivity index (χ4n) is 9.00. The van der Waals surface area contributed by atoms with Crippen molar-refractivity contribution in [2.24, 2.45) is 17.8 Å². The van der Waals surface area contributed by atoms with Crippen molar-refractivity contribution >= 4 is 35.3 Å². The second-order valence-electron chi connectivity index (χ2n) is 23.9. The van der Waals surface area contributed by atoms with Crippen molar-refractivity contribution < 1.29 is 9.47 Å². The van der Waals surface area contributed by atoms with Crippen LogP contribution in [-0.4, -0.2) is 205 Å². The van der Waals surface area contributed by atoms with Crippen molar-refractivity contribution in [1.29, 1.82) is 0 Å². The van der Waals surface area contributed by atoms with E-state index in [4.69, 9.17) is 9.47 Å². The van der Waals surface area contributed by atoms with Gasteiger partial charge in [0.15, 0.2) is 0 Å². The monoisotopic (exact) mass is 1150 g/mol. The highest BCUT2D eigenvalue weighted by molar-refractivity contribution is 7.99. The zero-order valence-corrected chi connectivity index (χ0v) is 55.1. The molecule has 1 saturated heterocycles. The number of nitrogens with zero attached hydrogens (tertiary/aromatic N) is 4. The summed E-state index contributed by atoms with van der Waals surface area (Å²) in [6, 6.07) is 35.4. The van der Waals surface area contributed by atoms with Crippen LogP contribution in [-0.2, 0) is 9.47 Å². The first-order valence-electron chi connectivity index (χ1n) is 30.7. The van der Waals surface area contributed by atoms with Gasteiger partial charge in [-0.15, -0.1) is 35.3 Å². The van der Waals surface area contributed by atoms with Gasteiger partial charge >= 0.3 is 0 Å². The largest absolute Gasteiger partial charge is 0.380 e. The summed E-state index contributed by atoms with van der Waals surface area (Å²) in [5.74, 6) is 5.35. The number of thioether (sulfide) groups is 3. The second kappa shape index (κ2) is 47.6. The number of piperazine rings is 1. The van der Waals surface area contributed by atoms with Crippen molar-refractivity contribution in [2.75, 3.05) is 149 Å². The number of rotatable bonds is 42. The van der Waals surface area contributed by atoms with Crippen LogP contribution < -0.4 is 26.6 Å². The number of hydrogen-bond acceptors (Lipinski definition) is 14. The predicted octanol–water partition coefficient (Wildman–Crippen LogP) is 11.3. The maximum Gasteiger partial charge on any atom is 0.0593 e. The maximum absolute atomic E-state index is 5.74. The van der Waals surface area contributed by atoms with Gasteiger partial charge in [-0.05, 0) is 107 Å². The molecule has 0 saturated carbocycles. The number of hydrogen-bond donors (Lipinski definition) is 5. The maximum atomic E-state index is 5.74. The van der Waals surface area contributed by atoms with Gasteiger partial charge in [-0.3, -0.25) is 4.90 Å². The Labute approximate surface area is 499 Å². The Kier molecular flexibility index (Phi) is 44.2. The molecular formula is C65H119N9O2S3. The van der Waals surface area contributed by atoms with Gasteiger partial charge in [-0.25, -0.2) is 0 Å². The lowest BCUT2D eigenvalue weighted by molar-refractivity contribution is 0.0638. The minimum absolute atomic E-state index is 0.517. The van der Waals surface area contributed by atoms with Gasteiger partial charge in [-0.2, -0.15) is 0 Å². The zero-order chi connectivity index (χ0) is 57.9. The highest BCUT2D eigenvalue weighted by atomic mass is 32.2. The minimum atomic E-state index is 0.517. The summed E-state index contributed by atoms with van der Waals surface area (Å²) in [7, 11) is 4.38. The van der Waals surface area contributed by atoms with Crippen LogP contribution in [0, 0.1) is 17.8 Å². The van der Waals surface area contributed by atoms with Crippen LogP contribution in [0.25, 0.3) is 0 Å². The van der Waals surface area contributed by atoms with E-state index in [0.29, 0.717) is 48.1 Å². The Hall–Kier alpha value is -1.73. The molecule has 0 bridgehead atoms. The molecule has 0 aromatic heterocycles. The number of nitrogens with one attached hydrogen (secondary N) is 5. The Morgan fingerprint density at radius 3 is 1.18 bits per heavy atom. The van der Waals surface area contributed by atoms with Crippen LogP contribution >= 0.6 is 35.3 Å². The van der Waals surface area contributed by atoms with Crippen molar-refractivity contribution in [1.82, 2.24) is 46.2 Å². The molecule has 3 aromatic rings. The smallest absolute Gasteiger partial charge is 0.0593 e. The van der Waals surface area contributed by atoms with E-state index < -0.39 is 0 Å². The van der Waals surface area contributed by atoms with Crippen molar-refractivity contribution in [3.8, 4) is 0 Å². The van der Waals surface area contributed by atoms with Gasteiger partial charge in [0.1, 0.15) is 0 Å². The van der Waals surface area contributed by atoms with Crippen LogP contribution in [0.2, 0.25) is 0 Å². The molecule has 0 unspecified atom stereocenters. The van der Waals surface area contributed by atoms with Gasteiger partial charge in [-0.1, -0.05) is 138 Å².